The maximum Gasteiger partial charge on any atom is 0.138 e. The SMILES string of the molecule is NC(=S)c1ccnc(-n2cnc3c2CCCC3)c1. The molecule has 4 nitrogen and oxygen atoms in total. The molecule has 0 unspecified atom stereocenters. The Morgan fingerprint density at radius 2 is 2.11 bits per heavy atom. The van der Waals surface area contributed by atoms with Gasteiger partial charge in [-0.3, -0.25) is 4.57 Å². The molecule has 5 heteroatoms. The summed E-state index contributed by atoms with van der Waals surface area (Å²) in [5, 5.41) is 0. The zero-order valence-corrected chi connectivity index (χ0v) is 10.8. The number of nitrogens with zero attached hydrogens (tertiary/aromatic N) is 3. The number of imidazole rings is 1. The number of pyridine rings is 1. The van der Waals surface area contributed by atoms with Crippen molar-refractivity contribution in [1.29, 1.82) is 0 Å². The molecule has 0 aromatic carbocycles. The Balaban J connectivity index is 2.07. The first-order valence-corrected chi connectivity index (χ1v) is 6.48. The number of hydrogen-bond donors (Lipinski definition) is 1. The lowest BCUT2D eigenvalue weighted by Gasteiger charge is -2.13. The van der Waals surface area contributed by atoms with Crippen LogP contribution in [0.4, 0.5) is 0 Å². The van der Waals surface area contributed by atoms with Crippen molar-refractivity contribution in [2.75, 3.05) is 0 Å². The van der Waals surface area contributed by atoms with Gasteiger partial charge in [0.2, 0.25) is 0 Å². The smallest absolute Gasteiger partial charge is 0.138 e. The summed E-state index contributed by atoms with van der Waals surface area (Å²) in [4.78, 5) is 9.24. The van der Waals surface area contributed by atoms with Crippen LogP contribution in [0.5, 0.6) is 0 Å². The lowest BCUT2D eigenvalue weighted by Crippen LogP contribution is -2.12. The second-order valence-electron chi connectivity index (χ2n) is 4.48. The molecule has 0 bridgehead atoms. The second kappa shape index (κ2) is 4.49. The Morgan fingerprint density at radius 3 is 2.94 bits per heavy atom. The van der Waals surface area contributed by atoms with E-state index in [-0.39, 0.29) is 0 Å². The van der Waals surface area contributed by atoms with Crippen LogP contribution in [0.3, 0.4) is 0 Å². The summed E-state index contributed by atoms with van der Waals surface area (Å²) >= 11 is 5.00. The zero-order chi connectivity index (χ0) is 12.5. The van der Waals surface area contributed by atoms with Gasteiger partial charge >= 0.3 is 0 Å². The fraction of sp³-hybridized carbons (Fsp3) is 0.308. The van der Waals surface area contributed by atoms with Gasteiger partial charge in [-0.15, -0.1) is 0 Å². The van der Waals surface area contributed by atoms with Crippen LogP contribution in [-0.4, -0.2) is 19.5 Å². The molecule has 0 spiro atoms. The van der Waals surface area contributed by atoms with Crippen LogP contribution >= 0.6 is 12.2 Å². The van der Waals surface area contributed by atoms with Crippen LogP contribution in [0.1, 0.15) is 29.8 Å². The van der Waals surface area contributed by atoms with Crippen LogP contribution in [0, 0.1) is 0 Å². The molecular weight excluding hydrogens is 244 g/mol. The fourth-order valence-corrected chi connectivity index (χ4v) is 2.50. The van der Waals surface area contributed by atoms with Gasteiger partial charge in [0.05, 0.1) is 5.69 Å². The number of hydrogen-bond acceptors (Lipinski definition) is 3. The highest BCUT2D eigenvalue weighted by molar-refractivity contribution is 7.80. The average Bonchev–Trinajstić information content (AvgIpc) is 2.82. The van der Waals surface area contributed by atoms with Crippen molar-refractivity contribution in [1.82, 2.24) is 14.5 Å². The Kier molecular flexibility index (Phi) is 2.83. The van der Waals surface area contributed by atoms with Gasteiger partial charge in [-0.25, -0.2) is 9.97 Å². The molecule has 2 heterocycles. The molecule has 2 aromatic heterocycles. The molecule has 0 fully saturated rings. The Hall–Kier alpha value is -1.75. The normalized spacial score (nSPS) is 14.2. The lowest BCUT2D eigenvalue weighted by molar-refractivity contribution is 0.654. The summed E-state index contributed by atoms with van der Waals surface area (Å²) in [6, 6.07) is 3.74. The van der Waals surface area contributed by atoms with Gasteiger partial charge in [0.25, 0.3) is 0 Å². The number of thiocarbonyl (C=S) groups is 1. The van der Waals surface area contributed by atoms with E-state index in [1.165, 1.54) is 24.2 Å². The van der Waals surface area contributed by atoms with E-state index in [9.17, 15) is 0 Å². The van der Waals surface area contributed by atoms with Gasteiger partial charge in [0.15, 0.2) is 0 Å². The molecule has 0 atom stereocenters. The van der Waals surface area contributed by atoms with Crippen LogP contribution in [0.15, 0.2) is 24.7 Å². The third kappa shape index (κ3) is 1.90. The van der Waals surface area contributed by atoms with Gasteiger partial charge < -0.3 is 5.73 Å². The lowest BCUT2D eigenvalue weighted by atomic mass is 10.0. The molecular formula is C13H14N4S. The summed E-state index contributed by atoms with van der Waals surface area (Å²) in [6.07, 6.45) is 8.16. The largest absolute Gasteiger partial charge is 0.389 e. The van der Waals surface area contributed by atoms with E-state index in [0.29, 0.717) is 4.99 Å². The van der Waals surface area contributed by atoms with Gasteiger partial charge in [0.1, 0.15) is 17.1 Å². The molecule has 0 radical (unpaired) electrons. The highest BCUT2D eigenvalue weighted by Crippen LogP contribution is 2.22. The molecule has 2 N–H and O–H groups in total. The first kappa shape index (κ1) is 11.3. The highest BCUT2D eigenvalue weighted by Gasteiger charge is 2.16. The van der Waals surface area contributed by atoms with Crippen molar-refractivity contribution in [3.05, 3.63) is 41.6 Å². The maximum absolute atomic E-state index is 5.65. The van der Waals surface area contributed by atoms with E-state index in [1.807, 2.05) is 18.5 Å². The third-order valence-corrected chi connectivity index (χ3v) is 3.54. The van der Waals surface area contributed by atoms with Crippen molar-refractivity contribution in [2.45, 2.75) is 25.7 Å². The minimum absolute atomic E-state index is 0.396. The number of fused-ring (bicyclic) bond motifs is 1. The van der Waals surface area contributed by atoms with E-state index in [0.717, 1.165) is 24.2 Å². The van der Waals surface area contributed by atoms with Gasteiger partial charge in [0, 0.05) is 17.5 Å². The molecule has 92 valence electrons. The van der Waals surface area contributed by atoms with Crippen LogP contribution in [0.2, 0.25) is 0 Å². The molecule has 18 heavy (non-hydrogen) atoms. The molecule has 0 aliphatic heterocycles. The Labute approximate surface area is 111 Å². The van der Waals surface area contributed by atoms with Gasteiger partial charge in [-0.05, 0) is 37.8 Å². The summed E-state index contributed by atoms with van der Waals surface area (Å²) in [7, 11) is 0. The molecule has 1 aliphatic rings. The Bertz CT molecular complexity index is 603. The van der Waals surface area contributed by atoms with E-state index >= 15 is 0 Å². The van der Waals surface area contributed by atoms with E-state index in [2.05, 4.69) is 14.5 Å². The molecule has 0 saturated carbocycles. The average molecular weight is 258 g/mol. The number of aromatic nitrogens is 3. The third-order valence-electron chi connectivity index (χ3n) is 3.31. The van der Waals surface area contributed by atoms with Crippen molar-refractivity contribution in [2.24, 2.45) is 5.73 Å². The van der Waals surface area contributed by atoms with Crippen molar-refractivity contribution < 1.29 is 0 Å². The minimum atomic E-state index is 0.396. The number of nitrogens with two attached hydrogens (primary N) is 1. The summed E-state index contributed by atoms with van der Waals surface area (Å²) in [5.41, 5.74) is 8.96. The predicted molar refractivity (Wildman–Crippen MR) is 73.9 cm³/mol. The first-order chi connectivity index (χ1) is 8.75. The van der Waals surface area contributed by atoms with Crippen LogP contribution in [0.25, 0.3) is 5.82 Å². The molecule has 0 saturated heterocycles. The van der Waals surface area contributed by atoms with Crippen LogP contribution < -0.4 is 5.73 Å². The van der Waals surface area contributed by atoms with E-state index in [4.69, 9.17) is 18.0 Å². The quantitative estimate of drug-likeness (QED) is 0.834. The van der Waals surface area contributed by atoms with Crippen LogP contribution in [-0.2, 0) is 12.8 Å². The monoisotopic (exact) mass is 258 g/mol. The summed E-state index contributed by atoms with van der Waals surface area (Å²) in [6.45, 7) is 0. The van der Waals surface area contributed by atoms with Crippen molar-refractivity contribution >= 4 is 17.2 Å². The highest BCUT2D eigenvalue weighted by atomic mass is 32.1. The molecule has 2 aromatic rings. The minimum Gasteiger partial charge on any atom is -0.389 e. The fourth-order valence-electron chi connectivity index (χ4n) is 2.37. The standard InChI is InChI=1S/C13H14N4S/c14-13(18)9-5-6-15-12(7-9)17-8-16-10-3-1-2-4-11(10)17/h5-8H,1-4H2,(H2,14,18). The number of aryl methyl sites for hydroxylation is 1. The summed E-state index contributed by atoms with van der Waals surface area (Å²) in [5.74, 6) is 0.843. The number of rotatable bonds is 2. The van der Waals surface area contributed by atoms with Crippen molar-refractivity contribution in [3.8, 4) is 5.82 Å². The van der Waals surface area contributed by atoms with Gasteiger partial charge in [-0.1, -0.05) is 12.2 Å². The molecule has 0 amide bonds. The Morgan fingerprint density at radius 1 is 1.28 bits per heavy atom. The topological polar surface area (TPSA) is 56.7 Å². The van der Waals surface area contributed by atoms with E-state index in [1.54, 1.807) is 6.20 Å². The first-order valence-electron chi connectivity index (χ1n) is 6.07. The van der Waals surface area contributed by atoms with Crippen molar-refractivity contribution in [3.63, 3.8) is 0 Å². The summed E-state index contributed by atoms with van der Waals surface area (Å²) < 4.78 is 2.05. The predicted octanol–water partition coefficient (Wildman–Crippen LogP) is 1.78. The maximum atomic E-state index is 5.65. The molecule has 3 rings (SSSR count). The van der Waals surface area contributed by atoms with Gasteiger partial charge in [-0.2, -0.15) is 0 Å². The molecule has 1 aliphatic carbocycles. The zero-order valence-electron chi connectivity index (χ0n) is 9.97. The second-order valence-corrected chi connectivity index (χ2v) is 4.92. The van der Waals surface area contributed by atoms with E-state index < -0.39 is 0 Å².